The molecule has 0 unspecified atom stereocenters. The minimum atomic E-state index is -0.440. The van der Waals surface area contributed by atoms with E-state index in [2.05, 4.69) is 0 Å². The molecule has 18 heavy (non-hydrogen) atoms. The third-order valence-corrected chi connectivity index (χ3v) is 2.34. The minimum absolute atomic E-state index is 0.220. The number of benzene rings is 1. The summed E-state index contributed by atoms with van der Waals surface area (Å²) < 4.78 is 5.41. The molecule has 1 aromatic rings. The van der Waals surface area contributed by atoms with E-state index in [1.807, 2.05) is 66.7 Å². The predicted molar refractivity (Wildman–Crippen MR) is 77.1 cm³/mol. The number of aryl methyl sites for hydroxylation is 2. The molecular weight excluding hydrogens is 224 g/mol. The highest BCUT2D eigenvalue weighted by Gasteiger charge is 2.21. The standard InChI is InChI=1S/C14H20O2.C2H6/c1-6-11-9-7-8-10(2)12(11)13(15)16-14(3,4)5;1-2/h7-9H,6H2,1-5H3;1-2H3. The van der Waals surface area contributed by atoms with E-state index in [-0.39, 0.29) is 5.97 Å². The van der Waals surface area contributed by atoms with E-state index < -0.39 is 5.60 Å². The molecule has 0 fully saturated rings. The minimum Gasteiger partial charge on any atom is -0.456 e. The van der Waals surface area contributed by atoms with E-state index >= 15 is 0 Å². The van der Waals surface area contributed by atoms with Gasteiger partial charge in [0.1, 0.15) is 5.60 Å². The lowest BCUT2D eigenvalue weighted by Gasteiger charge is -2.21. The Morgan fingerprint density at radius 1 is 1.22 bits per heavy atom. The van der Waals surface area contributed by atoms with Gasteiger partial charge in [0.15, 0.2) is 0 Å². The van der Waals surface area contributed by atoms with Crippen molar-refractivity contribution in [3.05, 3.63) is 34.9 Å². The van der Waals surface area contributed by atoms with Crippen LogP contribution in [0.15, 0.2) is 18.2 Å². The van der Waals surface area contributed by atoms with E-state index in [1.165, 1.54) is 0 Å². The lowest BCUT2D eigenvalue weighted by Crippen LogP contribution is -2.25. The van der Waals surface area contributed by atoms with Crippen LogP contribution in [0.5, 0.6) is 0 Å². The molecule has 1 aromatic carbocycles. The molecule has 0 N–H and O–H groups in total. The number of rotatable bonds is 2. The van der Waals surface area contributed by atoms with Gasteiger partial charge in [-0.15, -0.1) is 0 Å². The Bertz CT molecular complexity index is 387. The van der Waals surface area contributed by atoms with Crippen molar-refractivity contribution in [2.45, 2.75) is 60.5 Å². The average molecular weight is 250 g/mol. The maximum absolute atomic E-state index is 12.0. The molecule has 0 spiro atoms. The van der Waals surface area contributed by atoms with E-state index in [0.717, 1.165) is 23.1 Å². The third kappa shape index (κ3) is 4.91. The van der Waals surface area contributed by atoms with Gasteiger partial charge in [-0.1, -0.05) is 39.0 Å². The van der Waals surface area contributed by atoms with Gasteiger partial charge in [-0.05, 0) is 45.2 Å². The summed E-state index contributed by atoms with van der Waals surface area (Å²) in [4.78, 5) is 12.0. The quantitative estimate of drug-likeness (QED) is 0.720. The van der Waals surface area contributed by atoms with Crippen molar-refractivity contribution >= 4 is 5.97 Å². The van der Waals surface area contributed by atoms with Crippen LogP contribution < -0.4 is 0 Å². The Hall–Kier alpha value is -1.31. The Kier molecular flexibility index (Phi) is 6.67. The van der Waals surface area contributed by atoms with Gasteiger partial charge in [0, 0.05) is 0 Å². The zero-order valence-corrected chi connectivity index (χ0v) is 12.8. The molecular formula is C16H26O2. The van der Waals surface area contributed by atoms with Crippen LogP contribution in [0.3, 0.4) is 0 Å². The topological polar surface area (TPSA) is 26.3 Å². The Balaban J connectivity index is 0.00000137. The molecule has 0 aliphatic heterocycles. The molecule has 0 saturated carbocycles. The van der Waals surface area contributed by atoms with Crippen LogP contribution in [0.4, 0.5) is 0 Å². The monoisotopic (exact) mass is 250 g/mol. The third-order valence-electron chi connectivity index (χ3n) is 2.34. The first-order valence-corrected chi connectivity index (χ1v) is 6.67. The predicted octanol–water partition coefficient (Wildman–Crippen LogP) is 4.54. The number of carbonyl (C=O) groups is 1. The summed E-state index contributed by atoms with van der Waals surface area (Å²) in [7, 11) is 0. The van der Waals surface area contributed by atoms with Gasteiger partial charge in [0.25, 0.3) is 0 Å². The summed E-state index contributed by atoms with van der Waals surface area (Å²) in [6, 6.07) is 5.90. The molecule has 0 radical (unpaired) electrons. The lowest BCUT2D eigenvalue weighted by atomic mass is 10.00. The molecule has 0 heterocycles. The van der Waals surface area contributed by atoms with Crippen molar-refractivity contribution < 1.29 is 9.53 Å². The van der Waals surface area contributed by atoms with Crippen molar-refractivity contribution in [3.8, 4) is 0 Å². The Morgan fingerprint density at radius 3 is 2.22 bits per heavy atom. The summed E-state index contributed by atoms with van der Waals surface area (Å²) in [6.07, 6.45) is 0.844. The Labute approximate surface area is 111 Å². The molecule has 0 atom stereocenters. The molecule has 0 aliphatic carbocycles. The molecule has 102 valence electrons. The van der Waals surface area contributed by atoms with Gasteiger partial charge in [-0.2, -0.15) is 0 Å². The molecule has 2 nitrogen and oxygen atoms in total. The molecule has 0 bridgehead atoms. The van der Waals surface area contributed by atoms with Gasteiger partial charge in [0.2, 0.25) is 0 Å². The highest BCUT2D eigenvalue weighted by atomic mass is 16.6. The molecule has 0 amide bonds. The van der Waals surface area contributed by atoms with Crippen molar-refractivity contribution in [1.29, 1.82) is 0 Å². The summed E-state index contributed by atoms with van der Waals surface area (Å²) in [5.41, 5.74) is 2.31. The van der Waals surface area contributed by atoms with E-state index in [0.29, 0.717) is 0 Å². The normalized spacial score (nSPS) is 10.4. The first-order valence-electron chi connectivity index (χ1n) is 6.67. The first kappa shape index (κ1) is 16.7. The number of esters is 1. The zero-order valence-electron chi connectivity index (χ0n) is 12.8. The maximum Gasteiger partial charge on any atom is 0.339 e. The molecule has 0 aromatic heterocycles. The van der Waals surface area contributed by atoms with Crippen LogP contribution >= 0.6 is 0 Å². The number of carbonyl (C=O) groups excluding carboxylic acids is 1. The van der Waals surface area contributed by atoms with Gasteiger partial charge >= 0.3 is 5.97 Å². The van der Waals surface area contributed by atoms with Crippen LogP contribution in [-0.2, 0) is 11.2 Å². The average Bonchev–Trinajstić information content (AvgIpc) is 2.28. The van der Waals surface area contributed by atoms with Crippen molar-refractivity contribution in [3.63, 3.8) is 0 Å². The van der Waals surface area contributed by atoms with Crippen LogP contribution in [-0.4, -0.2) is 11.6 Å². The molecule has 0 saturated heterocycles. The first-order chi connectivity index (χ1) is 8.35. The summed E-state index contributed by atoms with van der Waals surface area (Å²) in [6.45, 7) is 13.6. The second-order valence-electron chi connectivity index (χ2n) is 4.96. The highest BCUT2D eigenvalue weighted by Crippen LogP contribution is 2.19. The molecule has 0 aliphatic rings. The fraction of sp³-hybridized carbons (Fsp3) is 0.562. The molecule has 2 heteroatoms. The van der Waals surface area contributed by atoms with Crippen LogP contribution in [0, 0.1) is 6.92 Å². The van der Waals surface area contributed by atoms with Gasteiger partial charge in [-0.3, -0.25) is 0 Å². The van der Waals surface area contributed by atoms with Gasteiger partial charge in [0.05, 0.1) is 5.56 Å². The highest BCUT2D eigenvalue weighted by molar-refractivity contribution is 5.93. The lowest BCUT2D eigenvalue weighted by molar-refractivity contribution is 0.00676. The summed E-state index contributed by atoms with van der Waals surface area (Å²) >= 11 is 0. The largest absolute Gasteiger partial charge is 0.456 e. The van der Waals surface area contributed by atoms with Gasteiger partial charge in [-0.25, -0.2) is 4.79 Å². The Morgan fingerprint density at radius 2 is 1.78 bits per heavy atom. The van der Waals surface area contributed by atoms with Crippen LogP contribution in [0.25, 0.3) is 0 Å². The summed E-state index contributed by atoms with van der Waals surface area (Å²) in [5.74, 6) is -0.220. The number of ether oxygens (including phenoxy) is 1. The summed E-state index contributed by atoms with van der Waals surface area (Å²) in [5, 5.41) is 0. The van der Waals surface area contributed by atoms with Crippen LogP contribution in [0.1, 0.15) is 63.0 Å². The van der Waals surface area contributed by atoms with Crippen molar-refractivity contribution in [2.24, 2.45) is 0 Å². The van der Waals surface area contributed by atoms with E-state index in [9.17, 15) is 4.79 Å². The molecule has 1 rings (SSSR count). The number of hydrogen-bond donors (Lipinski definition) is 0. The second kappa shape index (κ2) is 7.20. The van der Waals surface area contributed by atoms with Crippen LogP contribution in [0.2, 0.25) is 0 Å². The SMILES string of the molecule is CC.CCc1cccc(C)c1C(=O)OC(C)(C)C. The fourth-order valence-electron chi connectivity index (χ4n) is 1.64. The van der Waals surface area contributed by atoms with Crippen molar-refractivity contribution in [1.82, 2.24) is 0 Å². The maximum atomic E-state index is 12.0. The van der Waals surface area contributed by atoms with Crippen molar-refractivity contribution in [2.75, 3.05) is 0 Å². The number of hydrogen-bond acceptors (Lipinski definition) is 2. The van der Waals surface area contributed by atoms with E-state index in [1.54, 1.807) is 0 Å². The van der Waals surface area contributed by atoms with Gasteiger partial charge < -0.3 is 4.74 Å². The fourth-order valence-corrected chi connectivity index (χ4v) is 1.64. The zero-order chi connectivity index (χ0) is 14.3. The smallest absolute Gasteiger partial charge is 0.339 e. The second-order valence-corrected chi connectivity index (χ2v) is 4.96. The van der Waals surface area contributed by atoms with E-state index in [4.69, 9.17) is 4.74 Å².